The summed E-state index contributed by atoms with van der Waals surface area (Å²) in [7, 11) is 0. The number of nitrogens with zero attached hydrogens (tertiary/aromatic N) is 4. The molecule has 0 amide bonds. The van der Waals surface area contributed by atoms with Gasteiger partial charge >= 0.3 is 0 Å². The number of aromatic nitrogens is 2. The maximum atomic E-state index is 6.09. The fourth-order valence-corrected chi connectivity index (χ4v) is 3.31. The summed E-state index contributed by atoms with van der Waals surface area (Å²) in [5.41, 5.74) is 8.34. The fourth-order valence-electron chi connectivity index (χ4n) is 2.41. The molecule has 1 fully saturated rings. The SMILES string of the molecule is CCCCCn1cc(CN=C(N)N2CCSCC2)c(C)n1. The zero-order valence-electron chi connectivity index (χ0n) is 13.2. The van der Waals surface area contributed by atoms with Crippen molar-refractivity contribution in [1.29, 1.82) is 0 Å². The van der Waals surface area contributed by atoms with Crippen molar-refractivity contribution >= 4 is 17.7 Å². The van der Waals surface area contributed by atoms with Crippen molar-refractivity contribution in [1.82, 2.24) is 14.7 Å². The van der Waals surface area contributed by atoms with Crippen LogP contribution in [-0.4, -0.2) is 45.2 Å². The zero-order chi connectivity index (χ0) is 15.1. The Hall–Kier alpha value is -1.17. The summed E-state index contributed by atoms with van der Waals surface area (Å²) in [5, 5.41) is 4.56. The first-order valence-electron chi connectivity index (χ1n) is 7.86. The number of hydrogen-bond donors (Lipinski definition) is 1. The second-order valence-electron chi connectivity index (χ2n) is 5.48. The molecular formula is C15H27N5S. The second kappa shape index (κ2) is 8.32. The van der Waals surface area contributed by atoms with Crippen LogP contribution in [0.5, 0.6) is 0 Å². The normalized spacial score (nSPS) is 16.5. The van der Waals surface area contributed by atoms with Gasteiger partial charge in [0.25, 0.3) is 0 Å². The number of guanidine groups is 1. The van der Waals surface area contributed by atoms with Crippen molar-refractivity contribution in [3.8, 4) is 0 Å². The Bertz CT molecular complexity index is 463. The van der Waals surface area contributed by atoms with Crippen molar-refractivity contribution in [2.24, 2.45) is 10.7 Å². The van der Waals surface area contributed by atoms with Crippen LogP contribution in [0.3, 0.4) is 0 Å². The first-order chi connectivity index (χ1) is 10.2. The largest absolute Gasteiger partial charge is 0.370 e. The molecule has 1 aromatic rings. The highest BCUT2D eigenvalue weighted by Crippen LogP contribution is 2.11. The molecule has 0 radical (unpaired) electrons. The molecule has 0 bridgehead atoms. The molecule has 5 nitrogen and oxygen atoms in total. The van der Waals surface area contributed by atoms with Crippen molar-refractivity contribution < 1.29 is 0 Å². The molecule has 0 spiro atoms. The Kier molecular flexibility index (Phi) is 6.42. The van der Waals surface area contributed by atoms with Gasteiger partial charge in [-0.3, -0.25) is 4.68 Å². The van der Waals surface area contributed by atoms with Gasteiger partial charge in [-0.15, -0.1) is 0 Å². The van der Waals surface area contributed by atoms with Crippen LogP contribution < -0.4 is 5.73 Å². The molecule has 1 saturated heterocycles. The maximum absolute atomic E-state index is 6.09. The summed E-state index contributed by atoms with van der Waals surface area (Å²) in [6.07, 6.45) is 5.80. The van der Waals surface area contributed by atoms with Crippen LogP contribution in [0.4, 0.5) is 0 Å². The van der Waals surface area contributed by atoms with Gasteiger partial charge in [-0.1, -0.05) is 19.8 Å². The van der Waals surface area contributed by atoms with Crippen LogP contribution in [0.25, 0.3) is 0 Å². The van der Waals surface area contributed by atoms with E-state index in [1.54, 1.807) is 0 Å². The summed E-state index contributed by atoms with van der Waals surface area (Å²) < 4.78 is 2.05. The van der Waals surface area contributed by atoms with E-state index in [4.69, 9.17) is 5.73 Å². The zero-order valence-corrected chi connectivity index (χ0v) is 14.0. The third kappa shape index (κ3) is 4.95. The lowest BCUT2D eigenvalue weighted by Gasteiger charge is -2.27. The standard InChI is InChI=1S/C15H27N5S/c1-3-4-5-6-20-12-14(13(2)18-20)11-17-15(16)19-7-9-21-10-8-19/h12H,3-11H2,1-2H3,(H2,16,17). The highest BCUT2D eigenvalue weighted by Gasteiger charge is 2.12. The van der Waals surface area contributed by atoms with E-state index in [1.807, 2.05) is 16.4 Å². The molecule has 6 heteroatoms. The lowest BCUT2D eigenvalue weighted by Crippen LogP contribution is -2.42. The summed E-state index contributed by atoms with van der Waals surface area (Å²) in [6, 6.07) is 0. The van der Waals surface area contributed by atoms with Gasteiger partial charge in [0, 0.05) is 42.9 Å². The highest BCUT2D eigenvalue weighted by molar-refractivity contribution is 7.99. The van der Waals surface area contributed by atoms with E-state index in [1.165, 1.54) is 24.8 Å². The lowest BCUT2D eigenvalue weighted by atomic mass is 10.2. The monoisotopic (exact) mass is 309 g/mol. The molecule has 0 aliphatic carbocycles. The summed E-state index contributed by atoms with van der Waals surface area (Å²) >= 11 is 1.98. The number of thioether (sulfide) groups is 1. The summed E-state index contributed by atoms with van der Waals surface area (Å²) in [4.78, 5) is 6.72. The summed E-state index contributed by atoms with van der Waals surface area (Å²) in [6.45, 7) is 7.92. The molecule has 1 aromatic heterocycles. The fraction of sp³-hybridized carbons (Fsp3) is 0.733. The number of aryl methyl sites for hydroxylation is 2. The minimum Gasteiger partial charge on any atom is -0.370 e. The van der Waals surface area contributed by atoms with Crippen LogP contribution in [0.1, 0.15) is 37.4 Å². The Labute approximate surface area is 132 Å². The molecule has 0 saturated carbocycles. The van der Waals surface area contributed by atoms with E-state index in [9.17, 15) is 0 Å². The molecule has 0 unspecified atom stereocenters. The van der Waals surface area contributed by atoms with Crippen LogP contribution in [0, 0.1) is 6.92 Å². The predicted molar refractivity (Wildman–Crippen MR) is 90.7 cm³/mol. The average Bonchev–Trinajstić information content (AvgIpc) is 2.86. The third-order valence-electron chi connectivity index (χ3n) is 3.79. The first-order valence-corrected chi connectivity index (χ1v) is 9.01. The Balaban J connectivity index is 1.89. The molecule has 118 valence electrons. The van der Waals surface area contributed by atoms with Crippen molar-refractivity contribution in [2.45, 2.75) is 46.2 Å². The van der Waals surface area contributed by atoms with Crippen LogP contribution >= 0.6 is 11.8 Å². The minimum atomic E-state index is 0.634. The number of rotatable bonds is 6. The van der Waals surface area contributed by atoms with E-state index in [0.29, 0.717) is 12.5 Å². The van der Waals surface area contributed by atoms with Crippen LogP contribution in [0.15, 0.2) is 11.2 Å². The van der Waals surface area contributed by atoms with Crippen molar-refractivity contribution in [2.75, 3.05) is 24.6 Å². The molecule has 1 aliphatic heterocycles. The molecule has 2 rings (SSSR count). The third-order valence-corrected chi connectivity index (χ3v) is 4.73. The van der Waals surface area contributed by atoms with Gasteiger partial charge in [-0.2, -0.15) is 16.9 Å². The van der Waals surface area contributed by atoms with Crippen molar-refractivity contribution in [3.63, 3.8) is 0 Å². The quantitative estimate of drug-likeness (QED) is 0.497. The molecule has 21 heavy (non-hydrogen) atoms. The molecule has 1 aliphatic rings. The van der Waals surface area contributed by atoms with Gasteiger partial charge in [-0.05, 0) is 13.3 Å². The van der Waals surface area contributed by atoms with Gasteiger partial charge in [0.15, 0.2) is 5.96 Å². The Morgan fingerprint density at radius 3 is 2.86 bits per heavy atom. The van der Waals surface area contributed by atoms with Gasteiger partial charge < -0.3 is 10.6 Å². The molecule has 0 atom stereocenters. The Morgan fingerprint density at radius 2 is 2.14 bits per heavy atom. The molecular weight excluding hydrogens is 282 g/mol. The van der Waals surface area contributed by atoms with Crippen molar-refractivity contribution in [3.05, 3.63) is 17.5 Å². The molecule has 2 N–H and O–H groups in total. The van der Waals surface area contributed by atoms with E-state index in [-0.39, 0.29) is 0 Å². The molecule has 0 aromatic carbocycles. The highest BCUT2D eigenvalue weighted by atomic mass is 32.2. The average molecular weight is 309 g/mol. The predicted octanol–water partition coefficient (Wildman–Crippen LogP) is 2.25. The van der Waals surface area contributed by atoms with Crippen LogP contribution in [0.2, 0.25) is 0 Å². The number of hydrogen-bond acceptors (Lipinski definition) is 3. The molecule has 2 heterocycles. The number of aliphatic imine (C=N–C) groups is 1. The van der Waals surface area contributed by atoms with Crippen LogP contribution in [-0.2, 0) is 13.1 Å². The minimum absolute atomic E-state index is 0.634. The van der Waals surface area contributed by atoms with Gasteiger partial charge in [0.2, 0.25) is 0 Å². The number of unbranched alkanes of at least 4 members (excludes halogenated alkanes) is 2. The van der Waals surface area contributed by atoms with E-state index < -0.39 is 0 Å². The smallest absolute Gasteiger partial charge is 0.191 e. The number of nitrogens with two attached hydrogens (primary N) is 1. The topological polar surface area (TPSA) is 59.4 Å². The van der Waals surface area contributed by atoms with Gasteiger partial charge in [-0.25, -0.2) is 4.99 Å². The summed E-state index contributed by atoms with van der Waals surface area (Å²) in [5.74, 6) is 2.96. The van der Waals surface area contributed by atoms with Gasteiger partial charge in [0.05, 0.1) is 12.2 Å². The Morgan fingerprint density at radius 1 is 1.38 bits per heavy atom. The van der Waals surface area contributed by atoms with E-state index in [2.05, 4.69) is 35.0 Å². The second-order valence-corrected chi connectivity index (χ2v) is 6.71. The van der Waals surface area contributed by atoms with E-state index in [0.717, 1.165) is 36.8 Å². The lowest BCUT2D eigenvalue weighted by molar-refractivity contribution is 0.455. The first kappa shape index (κ1) is 16.2. The maximum Gasteiger partial charge on any atom is 0.191 e. The van der Waals surface area contributed by atoms with E-state index >= 15 is 0 Å². The van der Waals surface area contributed by atoms with Gasteiger partial charge in [0.1, 0.15) is 0 Å².